The summed E-state index contributed by atoms with van der Waals surface area (Å²) in [5.74, 6) is -0.318. The summed E-state index contributed by atoms with van der Waals surface area (Å²) >= 11 is 1.63. The molecule has 0 aliphatic carbocycles. The van der Waals surface area contributed by atoms with Crippen LogP contribution in [0.5, 0.6) is 0 Å². The Morgan fingerprint density at radius 1 is 1.00 bits per heavy atom. The Kier molecular flexibility index (Phi) is 7.54. The van der Waals surface area contributed by atoms with E-state index in [1.165, 1.54) is 7.11 Å². The Labute approximate surface area is 153 Å². The van der Waals surface area contributed by atoms with E-state index in [-0.39, 0.29) is 5.91 Å². The predicted octanol–water partition coefficient (Wildman–Crippen LogP) is 3.23. The summed E-state index contributed by atoms with van der Waals surface area (Å²) < 4.78 is 4.84. The van der Waals surface area contributed by atoms with Gasteiger partial charge in [-0.05, 0) is 29.6 Å². The lowest BCUT2D eigenvalue weighted by atomic mass is 9.90. The lowest BCUT2D eigenvalue weighted by Crippen LogP contribution is -2.44. The molecule has 0 saturated carbocycles. The number of carbonyl (C=O) groups excluding carboxylic acids is 2. The zero-order valence-electron chi connectivity index (χ0n) is 14.5. The summed E-state index contributed by atoms with van der Waals surface area (Å²) in [6.07, 6.45) is 2.50. The van der Waals surface area contributed by atoms with E-state index < -0.39 is 17.9 Å². The Bertz CT molecular complexity index is 636. The molecule has 0 aliphatic rings. The van der Waals surface area contributed by atoms with Crippen LogP contribution in [0.25, 0.3) is 0 Å². The molecule has 5 heteroatoms. The highest BCUT2D eigenvalue weighted by atomic mass is 32.2. The van der Waals surface area contributed by atoms with Crippen molar-refractivity contribution >= 4 is 23.6 Å². The van der Waals surface area contributed by atoms with Gasteiger partial charge in [0.05, 0.1) is 13.0 Å². The fraction of sp³-hybridized carbons (Fsp3) is 0.300. The average Bonchev–Trinajstić information content (AvgIpc) is 2.66. The topological polar surface area (TPSA) is 55.4 Å². The van der Waals surface area contributed by atoms with Gasteiger partial charge in [0.15, 0.2) is 0 Å². The highest BCUT2D eigenvalue weighted by Gasteiger charge is 2.27. The van der Waals surface area contributed by atoms with Crippen LogP contribution in [0.4, 0.5) is 0 Å². The first-order chi connectivity index (χ1) is 12.2. The summed E-state index contributed by atoms with van der Waals surface area (Å²) in [6.45, 7) is 0. The second kappa shape index (κ2) is 9.89. The molecule has 4 nitrogen and oxygen atoms in total. The second-order valence-electron chi connectivity index (χ2n) is 5.62. The predicted molar refractivity (Wildman–Crippen MR) is 102 cm³/mol. The molecule has 0 aliphatic heterocycles. The fourth-order valence-electron chi connectivity index (χ4n) is 2.67. The second-order valence-corrected chi connectivity index (χ2v) is 6.61. The van der Waals surface area contributed by atoms with Crippen molar-refractivity contribution in [3.8, 4) is 0 Å². The van der Waals surface area contributed by atoms with E-state index in [9.17, 15) is 9.59 Å². The number of methoxy groups -OCH3 is 1. The van der Waals surface area contributed by atoms with Crippen molar-refractivity contribution < 1.29 is 14.3 Å². The van der Waals surface area contributed by atoms with Crippen LogP contribution >= 0.6 is 11.8 Å². The molecular weight excluding hydrogens is 334 g/mol. The van der Waals surface area contributed by atoms with Crippen LogP contribution in [0.2, 0.25) is 0 Å². The maximum Gasteiger partial charge on any atom is 0.328 e. The maximum absolute atomic E-state index is 13.0. The van der Waals surface area contributed by atoms with E-state index in [1.54, 1.807) is 11.8 Å². The Morgan fingerprint density at radius 2 is 1.52 bits per heavy atom. The monoisotopic (exact) mass is 357 g/mol. The van der Waals surface area contributed by atoms with E-state index in [0.29, 0.717) is 6.42 Å². The number of ether oxygens (including phenoxy) is 1. The Hall–Kier alpha value is -2.27. The van der Waals surface area contributed by atoms with Gasteiger partial charge in [0.2, 0.25) is 5.91 Å². The summed E-state index contributed by atoms with van der Waals surface area (Å²) in [5.41, 5.74) is 1.78. The van der Waals surface area contributed by atoms with Crippen molar-refractivity contribution in [1.29, 1.82) is 0 Å². The molecule has 0 unspecified atom stereocenters. The van der Waals surface area contributed by atoms with Gasteiger partial charge in [-0.3, -0.25) is 4.79 Å². The van der Waals surface area contributed by atoms with Gasteiger partial charge >= 0.3 is 5.97 Å². The summed E-state index contributed by atoms with van der Waals surface area (Å²) in [6, 6.07) is 18.5. The van der Waals surface area contributed by atoms with Gasteiger partial charge in [0, 0.05) is 0 Å². The number of carbonyl (C=O) groups is 2. The highest BCUT2D eigenvalue weighted by Crippen LogP contribution is 2.25. The molecule has 1 amide bonds. The molecular formula is C20H23NO3S. The molecule has 0 saturated heterocycles. The average molecular weight is 357 g/mol. The van der Waals surface area contributed by atoms with E-state index >= 15 is 0 Å². The van der Waals surface area contributed by atoms with Crippen LogP contribution in [0, 0.1) is 0 Å². The molecule has 0 heterocycles. The Morgan fingerprint density at radius 3 is 1.96 bits per heavy atom. The highest BCUT2D eigenvalue weighted by molar-refractivity contribution is 7.98. The number of nitrogens with one attached hydrogen (secondary N) is 1. The SMILES string of the molecule is COC(=O)[C@H](CCSC)NC(=O)C(c1ccccc1)c1ccccc1. The van der Waals surface area contributed by atoms with Crippen molar-refractivity contribution in [3.63, 3.8) is 0 Å². The number of hydrogen-bond donors (Lipinski definition) is 1. The quantitative estimate of drug-likeness (QED) is 0.737. The van der Waals surface area contributed by atoms with Crippen LogP contribution in [0.3, 0.4) is 0 Å². The number of esters is 1. The fourth-order valence-corrected chi connectivity index (χ4v) is 3.14. The van der Waals surface area contributed by atoms with Crippen LogP contribution in [0.1, 0.15) is 23.5 Å². The molecule has 2 rings (SSSR count). The first-order valence-corrected chi connectivity index (χ1v) is 9.53. The van der Waals surface area contributed by atoms with Crippen molar-refractivity contribution in [3.05, 3.63) is 71.8 Å². The minimum absolute atomic E-state index is 0.200. The number of hydrogen-bond acceptors (Lipinski definition) is 4. The van der Waals surface area contributed by atoms with E-state index in [1.807, 2.05) is 66.9 Å². The number of benzene rings is 2. The zero-order valence-corrected chi connectivity index (χ0v) is 15.3. The molecule has 25 heavy (non-hydrogen) atoms. The van der Waals surface area contributed by atoms with E-state index in [4.69, 9.17) is 4.74 Å². The molecule has 0 fully saturated rings. The van der Waals surface area contributed by atoms with Crippen LogP contribution in [-0.2, 0) is 14.3 Å². The van der Waals surface area contributed by atoms with Gasteiger partial charge < -0.3 is 10.1 Å². The Balaban J connectivity index is 2.27. The van der Waals surface area contributed by atoms with Gasteiger partial charge in [0.1, 0.15) is 6.04 Å². The minimum atomic E-state index is -0.639. The molecule has 132 valence electrons. The van der Waals surface area contributed by atoms with Gasteiger partial charge in [-0.1, -0.05) is 60.7 Å². The smallest absolute Gasteiger partial charge is 0.328 e. The summed E-state index contributed by atoms with van der Waals surface area (Å²) in [4.78, 5) is 25.0. The third-order valence-electron chi connectivity index (χ3n) is 3.94. The van der Waals surface area contributed by atoms with Crippen molar-refractivity contribution in [2.24, 2.45) is 0 Å². The molecule has 0 aromatic heterocycles. The van der Waals surface area contributed by atoms with E-state index in [2.05, 4.69) is 5.32 Å². The molecule has 2 aromatic carbocycles. The third kappa shape index (κ3) is 5.36. The zero-order chi connectivity index (χ0) is 18.1. The largest absolute Gasteiger partial charge is 0.467 e. The lowest BCUT2D eigenvalue weighted by molar-refractivity contribution is -0.145. The van der Waals surface area contributed by atoms with Gasteiger partial charge in [0.25, 0.3) is 0 Å². The van der Waals surface area contributed by atoms with Gasteiger partial charge in [-0.15, -0.1) is 0 Å². The number of amides is 1. The molecule has 0 spiro atoms. The first-order valence-electron chi connectivity index (χ1n) is 8.14. The molecule has 0 radical (unpaired) electrons. The van der Waals surface area contributed by atoms with Gasteiger partial charge in [-0.2, -0.15) is 11.8 Å². The van der Waals surface area contributed by atoms with Gasteiger partial charge in [-0.25, -0.2) is 4.79 Å². The first kappa shape index (κ1) is 19.1. The third-order valence-corrected chi connectivity index (χ3v) is 4.58. The van der Waals surface area contributed by atoms with Crippen LogP contribution in [0.15, 0.2) is 60.7 Å². The molecule has 0 bridgehead atoms. The summed E-state index contributed by atoms with van der Waals surface area (Å²) in [7, 11) is 1.34. The standard InChI is InChI=1S/C20H23NO3S/c1-24-20(23)17(13-14-25-2)21-19(22)18(15-9-5-3-6-10-15)16-11-7-4-8-12-16/h3-12,17-18H,13-14H2,1-2H3,(H,21,22)/t17-/m0/s1. The number of rotatable bonds is 8. The van der Waals surface area contributed by atoms with Crippen molar-refractivity contribution in [2.75, 3.05) is 19.1 Å². The van der Waals surface area contributed by atoms with Crippen molar-refractivity contribution in [1.82, 2.24) is 5.32 Å². The normalized spacial score (nSPS) is 11.8. The van der Waals surface area contributed by atoms with Crippen LogP contribution in [-0.4, -0.2) is 37.0 Å². The number of thioether (sulfide) groups is 1. The van der Waals surface area contributed by atoms with E-state index in [0.717, 1.165) is 16.9 Å². The minimum Gasteiger partial charge on any atom is -0.467 e. The van der Waals surface area contributed by atoms with Crippen molar-refractivity contribution in [2.45, 2.75) is 18.4 Å². The van der Waals surface area contributed by atoms with Crippen LogP contribution < -0.4 is 5.32 Å². The molecule has 1 N–H and O–H groups in total. The summed E-state index contributed by atoms with van der Waals surface area (Å²) in [5, 5.41) is 2.87. The maximum atomic E-state index is 13.0. The lowest BCUT2D eigenvalue weighted by Gasteiger charge is -2.22. The molecule has 1 atom stereocenters. The molecule has 2 aromatic rings.